The molecule has 72 valence electrons. The monoisotopic (exact) mass is 186 g/mol. The third kappa shape index (κ3) is 1.23. The summed E-state index contributed by atoms with van der Waals surface area (Å²) in [4.78, 5) is 3.22. The molecule has 0 amide bonds. The van der Waals surface area contributed by atoms with Gasteiger partial charge in [-0.3, -0.25) is 0 Å². The van der Waals surface area contributed by atoms with Crippen molar-refractivity contribution in [2.45, 2.75) is 12.3 Å². The van der Waals surface area contributed by atoms with Crippen molar-refractivity contribution in [3.05, 3.63) is 36.0 Å². The van der Waals surface area contributed by atoms with E-state index in [2.05, 4.69) is 34.6 Å². The van der Waals surface area contributed by atoms with Crippen LogP contribution in [0.3, 0.4) is 0 Å². The third-order valence-electron chi connectivity index (χ3n) is 3.11. The van der Waals surface area contributed by atoms with Gasteiger partial charge in [0.15, 0.2) is 0 Å². The Labute approximate surface area is 83.3 Å². The summed E-state index contributed by atoms with van der Waals surface area (Å²) in [6.45, 7) is 2.30. The summed E-state index contributed by atoms with van der Waals surface area (Å²) in [5, 5.41) is 4.73. The Balaban J connectivity index is 2.04. The summed E-state index contributed by atoms with van der Waals surface area (Å²) in [5.74, 6) is 0.717. The standard InChI is InChI=1S/C12H14N2/c1-2-12-10(4-6-14-12)7-9(1)11-3-5-13-8-11/h1-2,4,6-7,11,13-14H,3,5,8H2. The van der Waals surface area contributed by atoms with Crippen molar-refractivity contribution >= 4 is 10.9 Å². The van der Waals surface area contributed by atoms with Gasteiger partial charge in [-0.1, -0.05) is 6.07 Å². The molecule has 0 aliphatic carbocycles. The van der Waals surface area contributed by atoms with Crippen LogP contribution in [0.1, 0.15) is 17.9 Å². The lowest BCUT2D eigenvalue weighted by molar-refractivity contribution is 0.765. The van der Waals surface area contributed by atoms with Crippen LogP contribution in [-0.4, -0.2) is 18.1 Å². The molecule has 0 radical (unpaired) electrons. The van der Waals surface area contributed by atoms with Crippen molar-refractivity contribution in [1.82, 2.24) is 10.3 Å². The van der Waals surface area contributed by atoms with Gasteiger partial charge in [0.25, 0.3) is 0 Å². The number of fused-ring (bicyclic) bond motifs is 1. The Kier molecular flexibility index (Phi) is 1.81. The fourth-order valence-electron chi connectivity index (χ4n) is 2.26. The van der Waals surface area contributed by atoms with Gasteiger partial charge in [-0.15, -0.1) is 0 Å². The smallest absolute Gasteiger partial charge is 0.0454 e. The first kappa shape index (κ1) is 8.06. The third-order valence-corrected chi connectivity index (χ3v) is 3.11. The second-order valence-electron chi connectivity index (χ2n) is 4.01. The molecular formula is C12H14N2. The lowest BCUT2D eigenvalue weighted by Crippen LogP contribution is -2.07. The molecule has 1 aliphatic rings. The summed E-state index contributed by atoms with van der Waals surface area (Å²) in [5.41, 5.74) is 2.71. The van der Waals surface area contributed by atoms with Gasteiger partial charge in [-0.2, -0.15) is 0 Å². The minimum atomic E-state index is 0.717. The quantitative estimate of drug-likeness (QED) is 0.702. The van der Waals surface area contributed by atoms with E-state index >= 15 is 0 Å². The highest BCUT2D eigenvalue weighted by Crippen LogP contribution is 2.25. The second kappa shape index (κ2) is 3.14. The average Bonchev–Trinajstić information content (AvgIpc) is 2.88. The Morgan fingerprint density at radius 2 is 2.21 bits per heavy atom. The second-order valence-corrected chi connectivity index (χ2v) is 4.01. The maximum absolute atomic E-state index is 3.40. The molecule has 1 fully saturated rings. The minimum Gasteiger partial charge on any atom is -0.361 e. The highest BCUT2D eigenvalue weighted by molar-refractivity contribution is 5.80. The predicted molar refractivity (Wildman–Crippen MR) is 58.5 cm³/mol. The summed E-state index contributed by atoms with van der Waals surface area (Å²) >= 11 is 0. The van der Waals surface area contributed by atoms with Gasteiger partial charge < -0.3 is 10.3 Å². The van der Waals surface area contributed by atoms with Crippen LogP contribution in [0.5, 0.6) is 0 Å². The topological polar surface area (TPSA) is 27.8 Å². The Morgan fingerprint density at radius 1 is 1.21 bits per heavy atom. The molecule has 2 N–H and O–H groups in total. The summed E-state index contributed by atoms with van der Waals surface area (Å²) < 4.78 is 0. The molecule has 0 bridgehead atoms. The molecule has 2 heterocycles. The predicted octanol–water partition coefficient (Wildman–Crippen LogP) is 2.24. The van der Waals surface area contributed by atoms with E-state index in [1.165, 1.54) is 22.9 Å². The van der Waals surface area contributed by atoms with E-state index in [0.717, 1.165) is 13.1 Å². The van der Waals surface area contributed by atoms with E-state index < -0.39 is 0 Å². The molecule has 1 saturated heterocycles. The maximum Gasteiger partial charge on any atom is 0.0454 e. The van der Waals surface area contributed by atoms with Crippen molar-refractivity contribution in [2.75, 3.05) is 13.1 Å². The fourth-order valence-corrected chi connectivity index (χ4v) is 2.26. The van der Waals surface area contributed by atoms with Crippen molar-refractivity contribution in [3.63, 3.8) is 0 Å². The van der Waals surface area contributed by atoms with Crippen molar-refractivity contribution in [1.29, 1.82) is 0 Å². The number of hydrogen-bond donors (Lipinski definition) is 2. The van der Waals surface area contributed by atoms with E-state index in [9.17, 15) is 0 Å². The van der Waals surface area contributed by atoms with Crippen LogP contribution in [0.15, 0.2) is 30.5 Å². The van der Waals surface area contributed by atoms with E-state index in [0.29, 0.717) is 5.92 Å². The van der Waals surface area contributed by atoms with Gasteiger partial charge in [-0.05, 0) is 48.0 Å². The molecule has 2 aromatic rings. The Morgan fingerprint density at radius 3 is 3.07 bits per heavy atom. The van der Waals surface area contributed by atoms with Gasteiger partial charge in [0.1, 0.15) is 0 Å². The molecule has 0 spiro atoms. The van der Waals surface area contributed by atoms with E-state index in [-0.39, 0.29) is 0 Å². The van der Waals surface area contributed by atoms with Crippen LogP contribution in [0.25, 0.3) is 10.9 Å². The number of hydrogen-bond acceptors (Lipinski definition) is 1. The normalized spacial score (nSPS) is 21.9. The zero-order valence-electron chi connectivity index (χ0n) is 8.09. The van der Waals surface area contributed by atoms with Gasteiger partial charge in [0.2, 0.25) is 0 Å². The van der Waals surface area contributed by atoms with E-state index in [4.69, 9.17) is 0 Å². The Bertz CT molecular complexity index is 438. The first-order valence-electron chi connectivity index (χ1n) is 5.21. The molecule has 1 atom stereocenters. The summed E-state index contributed by atoms with van der Waals surface area (Å²) in [6.07, 6.45) is 3.28. The number of aromatic nitrogens is 1. The number of benzene rings is 1. The molecule has 1 aliphatic heterocycles. The van der Waals surface area contributed by atoms with Gasteiger partial charge in [0, 0.05) is 18.3 Å². The molecule has 2 heteroatoms. The van der Waals surface area contributed by atoms with Crippen LogP contribution in [0.4, 0.5) is 0 Å². The van der Waals surface area contributed by atoms with Crippen LogP contribution >= 0.6 is 0 Å². The zero-order chi connectivity index (χ0) is 9.38. The minimum absolute atomic E-state index is 0.717. The maximum atomic E-state index is 3.40. The molecule has 14 heavy (non-hydrogen) atoms. The van der Waals surface area contributed by atoms with Crippen LogP contribution < -0.4 is 5.32 Å². The summed E-state index contributed by atoms with van der Waals surface area (Å²) in [7, 11) is 0. The molecule has 0 saturated carbocycles. The summed E-state index contributed by atoms with van der Waals surface area (Å²) in [6, 6.07) is 8.88. The lowest BCUT2D eigenvalue weighted by atomic mass is 9.97. The Hall–Kier alpha value is -1.28. The number of H-pyrrole nitrogens is 1. The van der Waals surface area contributed by atoms with Crippen molar-refractivity contribution in [3.8, 4) is 0 Å². The number of rotatable bonds is 1. The van der Waals surface area contributed by atoms with Crippen LogP contribution in [-0.2, 0) is 0 Å². The number of nitrogens with one attached hydrogen (secondary N) is 2. The molecular weight excluding hydrogens is 172 g/mol. The molecule has 1 aromatic heterocycles. The van der Waals surface area contributed by atoms with E-state index in [1.54, 1.807) is 0 Å². The lowest BCUT2D eigenvalue weighted by Gasteiger charge is -2.08. The largest absolute Gasteiger partial charge is 0.361 e. The zero-order valence-corrected chi connectivity index (χ0v) is 8.09. The molecule has 2 nitrogen and oxygen atoms in total. The van der Waals surface area contributed by atoms with Crippen molar-refractivity contribution in [2.24, 2.45) is 0 Å². The molecule has 1 unspecified atom stereocenters. The van der Waals surface area contributed by atoms with E-state index in [1.807, 2.05) is 6.20 Å². The highest BCUT2D eigenvalue weighted by atomic mass is 14.9. The van der Waals surface area contributed by atoms with Gasteiger partial charge in [0.05, 0.1) is 0 Å². The SMILES string of the molecule is c1cc2cc(C3CCNC3)ccc2[nH]1. The molecule has 3 rings (SSSR count). The average molecular weight is 186 g/mol. The number of aromatic amines is 1. The first-order chi connectivity index (χ1) is 6.93. The van der Waals surface area contributed by atoms with Crippen molar-refractivity contribution < 1.29 is 0 Å². The fraction of sp³-hybridized carbons (Fsp3) is 0.333. The van der Waals surface area contributed by atoms with Gasteiger partial charge in [-0.25, -0.2) is 0 Å². The van der Waals surface area contributed by atoms with Gasteiger partial charge >= 0.3 is 0 Å². The van der Waals surface area contributed by atoms with Crippen LogP contribution in [0.2, 0.25) is 0 Å². The molecule has 1 aromatic carbocycles. The van der Waals surface area contributed by atoms with Crippen LogP contribution in [0, 0.1) is 0 Å². The highest BCUT2D eigenvalue weighted by Gasteiger charge is 2.16. The first-order valence-corrected chi connectivity index (χ1v) is 5.21.